The van der Waals surface area contributed by atoms with E-state index in [2.05, 4.69) is 17.0 Å². The molecule has 0 aliphatic carbocycles. The summed E-state index contributed by atoms with van der Waals surface area (Å²) in [5, 5.41) is 0. The van der Waals surface area contributed by atoms with Crippen molar-refractivity contribution >= 4 is 16.0 Å². The molecule has 1 atom stereocenters. The van der Waals surface area contributed by atoms with E-state index in [1.807, 2.05) is 37.3 Å². The Morgan fingerprint density at radius 2 is 1.77 bits per heavy atom. The molecule has 0 amide bonds. The molecule has 7 heteroatoms. The Kier molecular flexibility index (Phi) is 8.23. The molecule has 168 valence electrons. The van der Waals surface area contributed by atoms with Crippen molar-refractivity contribution in [1.29, 1.82) is 0 Å². The third-order valence-corrected chi connectivity index (χ3v) is 7.57. The molecule has 0 spiro atoms. The zero-order valence-electron chi connectivity index (χ0n) is 18.4. The summed E-state index contributed by atoms with van der Waals surface area (Å²) in [6.45, 7) is 6.16. The Balaban J connectivity index is 1.68. The number of ether oxygens (including phenoxy) is 1. The number of aryl methyl sites for hydroxylation is 2. The van der Waals surface area contributed by atoms with Crippen molar-refractivity contribution in [2.75, 3.05) is 32.8 Å². The minimum atomic E-state index is -3.59. The Labute approximate surface area is 185 Å². The van der Waals surface area contributed by atoms with E-state index < -0.39 is 10.0 Å². The molecule has 1 saturated heterocycles. The van der Waals surface area contributed by atoms with Crippen LogP contribution in [0.2, 0.25) is 0 Å². The van der Waals surface area contributed by atoms with Crippen molar-refractivity contribution in [1.82, 2.24) is 9.21 Å². The SMILES string of the molecule is CCOC(=O)CC1CN(S(=O)(=O)c2ccc(C)cc2)CCN1CCCc1ccccc1. The van der Waals surface area contributed by atoms with Gasteiger partial charge < -0.3 is 4.74 Å². The third-order valence-electron chi connectivity index (χ3n) is 5.69. The van der Waals surface area contributed by atoms with Gasteiger partial charge in [-0.2, -0.15) is 4.31 Å². The average Bonchev–Trinajstić information content (AvgIpc) is 2.76. The van der Waals surface area contributed by atoms with E-state index in [1.54, 1.807) is 19.1 Å². The smallest absolute Gasteiger partial charge is 0.307 e. The Morgan fingerprint density at radius 1 is 1.06 bits per heavy atom. The minimum absolute atomic E-state index is 0.191. The number of nitrogens with zero attached hydrogens (tertiary/aromatic N) is 2. The van der Waals surface area contributed by atoms with Crippen molar-refractivity contribution in [3.63, 3.8) is 0 Å². The van der Waals surface area contributed by atoms with E-state index in [0.29, 0.717) is 31.1 Å². The van der Waals surface area contributed by atoms with Crippen LogP contribution in [0, 0.1) is 6.92 Å². The molecule has 0 N–H and O–H groups in total. The molecule has 31 heavy (non-hydrogen) atoms. The Morgan fingerprint density at radius 3 is 2.45 bits per heavy atom. The van der Waals surface area contributed by atoms with Crippen LogP contribution in [0.15, 0.2) is 59.5 Å². The van der Waals surface area contributed by atoms with E-state index in [-0.39, 0.29) is 18.4 Å². The lowest BCUT2D eigenvalue weighted by molar-refractivity contribution is -0.145. The van der Waals surface area contributed by atoms with Gasteiger partial charge in [-0.15, -0.1) is 0 Å². The van der Waals surface area contributed by atoms with Gasteiger partial charge in [0, 0.05) is 25.7 Å². The molecule has 6 nitrogen and oxygen atoms in total. The molecular formula is C24H32N2O4S. The van der Waals surface area contributed by atoms with E-state index in [1.165, 1.54) is 9.87 Å². The quantitative estimate of drug-likeness (QED) is 0.556. The lowest BCUT2D eigenvalue weighted by atomic mass is 10.1. The van der Waals surface area contributed by atoms with Gasteiger partial charge in [0.2, 0.25) is 10.0 Å². The van der Waals surface area contributed by atoms with Crippen LogP contribution < -0.4 is 0 Å². The van der Waals surface area contributed by atoms with Gasteiger partial charge in [0.1, 0.15) is 0 Å². The van der Waals surface area contributed by atoms with Gasteiger partial charge in [-0.3, -0.25) is 9.69 Å². The number of carbonyl (C=O) groups is 1. The van der Waals surface area contributed by atoms with Crippen LogP contribution in [-0.4, -0.2) is 62.4 Å². The summed E-state index contributed by atoms with van der Waals surface area (Å²) in [6, 6.07) is 17.0. The Hall–Kier alpha value is -2.22. The number of esters is 1. The highest BCUT2D eigenvalue weighted by Gasteiger charge is 2.35. The fourth-order valence-electron chi connectivity index (χ4n) is 3.97. The van der Waals surface area contributed by atoms with Gasteiger partial charge in [-0.25, -0.2) is 8.42 Å². The summed E-state index contributed by atoms with van der Waals surface area (Å²) in [5.74, 6) is -0.282. The topological polar surface area (TPSA) is 66.9 Å². The highest BCUT2D eigenvalue weighted by molar-refractivity contribution is 7.89. The normalized spacial score (nSPS) is 18.1. The second kappa shape index (κ2) is 10.9. The molecule has 2 aromatic rings. The first-order valence-corrected chi connectivity index (χ1v) is 12.3. The van der Waals surface area contributed by atoms with E-state index in [9.17, 15) is 13.2 Å². The summed E-state index contributed by atoms with van der Waals surface area (Å²) >= 11 is 0. The molecule has 1 aliphatic rings. The molecule has 0 saturated carbocycles. The summed E-state index contributed by atoms with van der Waals surface area (Å²) in [5.41, 5.74) is 2.30. The van der Waals surface area contributed by atoms with Crippen molar-refractivity contribution in [2.24, 2.45) is 0 Å². The largest absolute Gasteiger partial charge is 0.466 e. The van der Waals surface area contributed by atoms with Crippen LogP contribution in [0.1, 0.15) is 30.9 Å². The number of benzene rings is 2. The van der Waals surface area contributed by atoms with E-state index in [4.69, 9.17) is 4.74 Å². The predicted octanol–water partition coefficient (Wildman–Crippen LogP) is 3.26. The zero-order chi connectivity index (χ0) is 22.3. The van der Waals surface area contributed by atoms with Crippen molar-refractivity contribution < 1.29 is 17.9 Å². The number of rotatable bonds is 9. The van der Waals surface area contributed by atoms with Gasteiger partial charge in [0.25, 0.3) is 0 Å². The second-order valence-corrected chi connectivity index (χ2v) is 9.90. The summed E-state index contributed by atoms with van der Waals surface area (Å²) in [6.07, 6.45) is 2.10. The Bertz CT molecular complexity index is 945. The van der Waals surface area contributed by atoms with Gasteiger partial charge in [-0.05, 0) is 50.9 Å². The highest BCUT2D eigenvalue weighted by Crippen LogP contribution is 2.22. The number of hydrogen-bond acceptors (Lipinski definition) is 5. The number of piperazine rings is 1. The fraction of sp³-hybridized carbons (Fsp3) is 0.458. The van der Waals surface area contributed by atoms with Gasteiger partial charge in [0.05, 0.1) is 17.9 Å². The van der Waals surface area contributed by atoms with E-state index >= 15 is 0 Å². The average molecular weight is 445 g/mol. The maximum Gasteiger partial charge on any atom is 0.307 e. The molecule has 1 aliphatic heterocycles. The van der Waals surface area contributed by atoms with Gasteiger partial charge >= 0.3 is 5.97 Å². The molecule has 1 fully saturated rings. The lowest BCUT2D eigenvalue weighted by Crippen LogP contribution is -2.55. The van der Waals surface area contributed by atoms with Gasteiger partial charge in [-0.1, -0.05) is 48.0 Å². The van der Waals surface area contributed by atoms with Crippen LogP contribution in [0.4, 0.5) is 0 Å². The molecule has 1 unspecified atom stereocenters. The second-order valence-electron chi connectivity index (χ2n) is 7.96. The fourth-order valence-corrected chi connectivity index (χ4v) is 5.44. The summed E-state index contributed by atoms with van der Waals surface area (Å²) in [4.78, 5) is 14.7. The zero-order valence-corrected chi connectivity index (χ0v) is 19.2. The maximum atomic E-state index is 13.2. The lowest BCUT2D eigenvalue weighted by Gasteiger charge is -2.40. The van der Waals surface area contributed by atoms with Crippen molar-refractivity contribution in [3.05, 3.63) is 65.7 Å². The van der Waals surface area contributed by atoms with Crippen LogP contribution in [-0.2, 0) is 26.0 Å². The van der Waals surface area contributed by atoms with Crippen molar-refractivity contribution in [2.45, 2.75) is 44.0 Å². The summed E-state index contributed by atoms with van der Waals surface area (Å²) in [7, 11) is -3.59. The summed E-state index contributed by atoms with van der Waals surface area (Å²) < 4.78 is 33.0. The molecular weight excluding hydrogens is 412 g/mol. The van der Waals surface area contributed by atoms with Crippen LogP contribution >= 0.6 is 0 Å². The first-order valence-electron chi connectivity index (χ1n) is 10.9. The third kappa shape index (κ3) is 6.38. The maximum absolute atomic E-state index is 13.2. The van der Waals surface area contributed by atoms with Crippen molar-refractivity contribution in [3.8, 4) is 0 Å². The predicted molar refractivity (Wildman–Crippen MR) is 121 cm³/mol. The minimum Gasteiger partial charge on any atom is -0.466 e. The molecule has 0 bridgehead atoms. The molecule has 1 heterocycles. The molecule has 2 aromatic carbocycles. The standard InChI is InChI=1S/C24H32N2O4S/c1-3-30-24(27)18-22-19-26(31(28,29)23-13-11-20(2)12-14-23)17-16-25(22)15-7-10-21-8-5-4-6-9-21/h4-6,8-9,11-14,22H,3,7,10,15-19H2,1-2H3. The number of carbonyl (C=O) groups excluding carboxylic acids is 1. The first-order chi connectivity index (χ1) is 14.9. The van der Waals surface area contributed by atoms with Crippen LogP contribution in [0.5, 0.6) is 0 Å². The first kappa shape index (κ1) is 23.4. The van der Waals surface area contributed by atoms with Gasteiger partial charge in [0.15, 0.2) is 0 Å². The molecule has 0 radical (unpaired) electrons. The van der Waals surface area contributed by atoms with Crippen LogP contribution in [0.25, 0.3) is 0 Å². The number of sulfonamides is 1. The number of hydrogen-bond donors (Lipinski definition) is 0. The monoisotopic (exact) mass is 444 g/mol. The molecule has 3 rings (SSSR count). The highest BCUT2D eigenvalue weighted by atomic mass is 32.2. The molecule has 0 aromatic heterocycles. The van der Waals surface area contributed by atoms with E-state index in [0.717, 1.165) is 24.9 Å². The van der Waals surface area contributed by atoms with Crippen LogP contribution in [0.3, 0.4) is 0 Å².